The minimum Gasteiger partial charge on any atom is -0.462 e. The monoisotopic (exact) mass is 1440 g/mol. The maximum Gasteiger partial charge on any atom is 0.472 e. The molecule has 0 aromatic carbocycles. The first kappa shape index (κ1) is 96.1. The van der Waals surface area contributed by atoms with Crippen molar-refractivity contribution in [2.24, 2.45) is 17.8 Å². The molecule has 2 unspecified atom stereocenters. The molecule has 0 saturated heterocycles. The minimum atomic E-state index is -4.96. The molecule has 5 atom stereocenters. The van der Waals surface area contributed by atoms with E-state index in [0.29, 0.717) is 25.7 Å². The van der Waals surface area contributed by atoms with Gasteiger partial charge in [-0.25, -0.2) is 9.13 Å². The number of rotatable bonds is 77. The van der Waals surface area contributed by atoms with Gasteiger partial charge in [-0.05, 0) is 43.4 Å². The summed E-state index contributed by atoms with van der Waals surface area (Å²) in [7, 11) is -9.92. The summed E-state index contributed by atoms with van der Waals surface area (Å²) in [5.41, 5.74) is 0. The van der Waals surface area contributed by atoms with E-state index >= 15 is 0 Å². The van der Waals surface area contributed by atoms with E-state index in [4.69, 9.17) is 37.0 Å². The van der Waals surface area contributed by atoms with Crippen molar-refractivity contribution in [3.8, 4) is 0 Å². The van der Waals surface area contributed by atoms with Gasteiger partial charge in [-0.1, -0.05) is 357 Å². The Morgan fingerprint density at radius 1 is 0.276 bits per heavy atom. The molecule has 19 heteroatoms. The molecule has 0 heterocycles. The fourth-order valence-electron chi connectivity index (χ4n) is 12.1. The van der Waals surface area contributed by atoms with Crippen LogP contribution in [0, 0.1) is 17.8 Å². The highest BCUT2D eigenvalue weighted by atomic mass is 31.2. The Bertz CT molecular complexity index is 1900. The number of esters is 4. The van der Waals surface area contributed by atoms with Crippen molar-refractivity contribution in [2.75, 3.05) is 39.6 Å². The number of aliphatic hydroxyl groups excluding tert-OH is 1. The number of phosphoric ester groups is 2. The normalized spacial score (nSPS) is 14.0. The lowest BCUT2D eigenvalue weighted by molar-refractivity contribution is -0.161. The van der Waals surface area contributed by atoms with E-state index in [1.54, 1.807) is 0 Å². The van der Waals surface area contributed by atoms with Crippen LogP contribution in [0.2, 0.25) is 0 Å². The van der Waals surface area contributed by atoms with Gasteiger partial charge in [0.2, 0.25) is 0 Å². The molecule has 0 aliphatic carbocycles. The zero-order valence-corrected chi connectivity index (χ0v) is 66.0. The summed E-state index contributed by atoms with van der Waals surface area (Å²) in [5.74, 6) is 0.252. The van der Waals surface area contributed by atoms with Crippen LogP contribution in [0.1, 0.15) is 408 Å². The van der Waals surface area contributed by atoms with Crippen LogP contribution in [0.25, 0.3) is 0 Å². The number of unbranched alkanes of at least 4 members (excludes halogenated alkanes) is 45. The van der Waals surface area contributed by atoms with Crippen molar-refractivity contribution in [3.05, 3.63) is 0 Å². The zero-order chi connectivity index (χ0) is 72.3. The number of carbonyl (C=O) groups excluding carboxylic acids is 4. The highest BCUT2D eigenvalue weighted by Gasteiger charge is 2.30. The maximum absolute atomic E-state index is 13.1. The molecule has 0 aliphatic heterocycles. The summed E-state index contributed by atoms with van der Waals surface area (Å²) in [6.07, 6.45) is 56.8. The van der Waals surface area contributed by atoms with E-state index in [1.807, 2.05) is 0 Å². The largest absolute Gasteiger partial charge is 0.472 e. The third-order valence-electron chi connectivity index (χ3n) is 18.4. The Hall–Kier alpha value is -1.94. The summed E-state index contributed by atoms with van der Waals surface area (Å²) in [6.45, 7) is 12.0. The van der Waals surface area contributed by atoms with Gasteiger partial charge in [-0.15, -0.1) is 0 Å². The molecule has 0 spiro atoms. The lowest BCUT2D eigenvalue weighted by atomic mass is 10.0. The van der Waals surface area contributed by atoms with E-state index in [1.165, 1.54) is 218 Å². The second kappa shape index (κ2) is 69.4. The van der Waals surface area contributed by atoms with Gasteiger partial charge in [0.25, 0.3) is 0 Å². The molecular weight excluding hydrogens is 1280 g/mol. The Morgan fingerprint density at radius 2 is 0.469 bits per heavy atom. The molecule has 3 N–H and O–H groups in total. The Balaban J connectivity index is 5.23. The van der Waals surface area contributed by atoms with Crippen LogP contribution in [0.5, 0.6) is 0 Å². The van der Waals surface area contributed by atoms with Crippen LogP contribution < -0.4 is 0 Å². The first-order chi connectivity index (χ1) is 47.2. The Kier molecular flexibility index (Phi) is 68.1. The standard InChI is InChI=1S/C79H154O17P2/c1-8-9-10-11-12-29-39-46-53-60-76(81)89-66-74(95-79(84)63-56-49-42-35-28-22-25-32-38-45-52-59-72(6)7)68-93-97(85,86)91-64-73(80)65-92-98(87,88)94-69-75(67-90-77(82)61-54-47-40-33-26-21-17-19-24-31-37-44-51-58-71(4)5)96-78(83)62-55-48-41-34-27-20-16-14-13-15-18-23-30-36-43-50-57-70(2)3/h70-75,80H,8-69H2,1-7H3,(H,85,86)(H,87,88)/t73-,74+,75+/m0/s1. The average molecular weight is 1440 g/mol. The molecule has 0 bridgehead atoms. The molecule has 0 aliphatic rings. The van der Waals surface area contributed by atoms with Gasteiger partial charge in [0.05, 0.1) is 26.4 Å². The summed E-state index contributed by atoms with van der Waals surface area (Å²) in [4.78, 5) is 72.9. The highest BCUT2D eigenvalue weighted by Crippen LogP contribution is 2.45. The Labute approximate surface area is 600 Å². The van der Waals surface area contributed by atoms with Gasteiger partial charge in [-0.3, -0.25) is 37.3 Å². The molecule has 0 fully saturated rings. The lowest BCUT2D eigenvalue weighted by Crippen LogP contribution is -2.30. The quantitative estimate of drug-likeness (QED) is 0.0222. The van der Waals surface area contributed by atoms with E-state index in [0.717, 1.165) is 108 Å². The van der Waals surface area contributed by atoms with Crippen LogP contribution in [0.3, 0.4) is 0 Å². The Morgan fingerprint density at radius 3 is 0.694 bits per heavy atom. The minimum absolute atomic E-state index is 0.106. The number of hydrogen-bond donors (Lipinski definition) is 3. The van der Waals surface area contributed by atoms with Crippen LogP contribution in [-0.2, 0) is 65.4 Å². The number of ether oxygens (including phenoxy) is 4. The topological polar surface area (TPSA) is 237 Å². The van der Waals surface area contributed by atoms with Crippen molar-refractivity contribution < 1.29 is 80.2 Å². The maximum atomic E-state index is 13.1. The van der Waals surface area contributed by atoms with Gasteiger partial charge in [0.15, 0.2) is 12.2 Å². The fourth-order valence-corrected chi connectivity index (χ4v) is 13.7. The van der Waals surface area contributed by atoms with Crippen LogP contribution in [0.15, 0.2) is 0 Å². The average Bonchev–Trinajstić information content (AvgIpc) is 1.10. The predicted molar refractivity (Wildman–Crippen MR) is 400 cm³/mol. The first-order valence-electron chi connectivity index (χ1n) is 40.8. The summed E-state index contributed by atoms with van der Waals surface area (Å²) in [6, 6.07) is 0. The van der Waals surface area contributed by atoms with E-state index in [-0.39, 0.29) is 25.7 Å². The third-order valence-corrected chi connectivity index (χ3v) is 20.3. The van der Waals surface area contributed by atoms with Crippen LogP contribution in [-0.4, -0.2) is 96.7 Å². The number of aliphatic hydroxyl groups is 1. The molecule has 17 nitrogen and oxygen atoms in total. The van der Waals surface area contributed by atoms with Crippen molar-refractivity contribution >= 4 is 39.5 Å². The van der Waals surface area contributed by atoms with Gasteiger partial charge in [0.1, 0.15) is 19.3 Å². The summed E-state index contributed by atoms with van der Waals surface area (Å²) in [5, 5.41) is 10.6. The molecule has 0 rings (SSSR count). The van der Waals surface area contributed by atoms with Gasteiger partial charge in [0, 0.05) is 25.7 Å². The molecule has 0 aromatic heterocycles. The number of carbonyl (C=O) groups is 4. The smallest absolute Gasteiger partial charge is 0.462 e. The van der Waals surface area contributed by atoms with Crippen molar-refractivity contribution in [1.82, 2.24) is 0 Å². The third kappa shape index (κ3) is 72.4. The second-order valence-corrected chi connectivity index (χ2v) is 32.8. The summed E-state index contributed by atoms with van der Waals surface area (Å²) < 4.78 is 68.6. The molecule has 98 heavy (non-hydrogen) atoms. The lowest BCUT2D eigenvalue weighted by Gasteiger charge is -2.21. The fraction of sp³-hybridized carbons (Fsp3) is 0.949. The number of hydrogen-bond acceptors (Lipinski definition) is 15. The van der Waals surface area contributed by atoms with Crippen LogP contribution >= 0.6 is 15.6 Å². The molecule has 0 aromatic rings. The predicted octanol–water partition coefficient (Wildman–Crippen LogP) is 23.4. The van der Waals surface area contributed by atoms with E-state index < -0.39 is 97.5 Å². The zero-order valence-electron chi connectivity index (χ0n) is 64.3. The SMILES string of the molecule is CCCCCCCCCCCC(=O)OC[C@H](COP(=O)(O)OC[C@H](O)COP(=O)(O)OC[C@@H](COC(=O)CCCCCCCCCCCCCCCC(C)C)OC(=O)CCCCCCCCCCCCCCCCCCC(C)C)OC(=O)CCCCCCCCCCCCCC(C)C. The first-order valence-corrected chi connectivity index (χ1v) is 43.8. The molecular formula is C79H154O17P2. The van der Waals surface area contributed by atoms with Crippen molar-refractivity contribution in [1.29, 1.82) is 0 Å². The van der Waals surface area contributed by atoms with Crippen molar-refractivity contribution in [3.63, 3.8) is 0 Å². The van der Waals surface area contributed by atoms with E-state index in [9.17, 15) is 43.2 Å². The second-order valence-electron chi connectivity index (χ2n) is 29.9. The van der Waals surface area contributed by atoms with Crippen molar-refractivity contribution in [2.45, 2.75) is 426 Å². The molecule has 582 valence electrons. The van der Waals surface area contributed by atoms with Crippen LogP contribution in [0.4, 0.5) is 0 Å². The van der Waals surface area contributed by atoms with Gasteiger partial charge >= 0.3 is 39.5 Å². The van der Waals surface area contributed by atoms with E-state index in [2.05, 4.69) is 48.5 Å². The number of phosphoric acid groups is 2. The van der Waals surface area contributed by atoms with Gasteiger partial charge in [-0.2, -0.15) is 0 Å². The van der Waals surface area contributed by atoms with Gasteiger partial charge < -0.3 is 33.8 Å². The highest BCUT2D eigenvalue weighted by molar-refractivity contribution is 7.47. The summed E-state index contributed by atoms with van der Waals surface area (Å²) >= 11 is 0. The molecule has 0 radical (unpaired) electrons. The molecule has 0 amide bonds. The molecule has 0 saturated carbocycles.